The first-order valence-corrected chi connectivity index (χ1v) is 9.19. The van der Waals surface area contributed by atoms with Gasteiger partial charge in [-0.05, 0) is 49.9 Å². The Kier molecular flexibility index (Phi) is 6.44. The molecule has 2 amide bonds. The van der Waals surface area contributed by atoms with Gasteiger partial charge in [0.1, 0.15) is 0 Å². The number of hydrogen-bond donors (Lipinski definition) is 2. The summed E-state index contributed by atoms with van der Waals surface area (Å²) >= 11 is 1.74. The van der Waals surface area contributed by atoms with Crippen LogP contribution in [0.3, 0.4) is 0 Å². The minimum atomic E-state index is -0.226. The molecule has 24 heavy (non-hydrogen) atoms. The highest BCUT2D eigenvalue weighted by molar-refractivity contribution is 7.97. The third kappa shape index (κ3) is 4.86. The fourth-order valence-corrected chi connectivity index (χ4v) is 2.77. The van der Waals surface area contributed by atoms with Gasteiger partial charge in [0.25, 0.3) is 11.8 Å². The zero-order chi connectivity index (χ0) is 17.5. The van der Waals surface area contributed by atoms with Crippen molar-refractivity contribution in [2.45, 2.75) is 25.6 Å². The summed E-state index contributed by atoms with van der Waals surface area (Å²) in [6, 6.07) is 14.5. The maximum absolute atomic E-state index is 12.4. The van der Waals surface area contributed by atoms with E-state index in [4.69, 9.17) is 0 Å². The molecule has 0 aromatic heterocycles. The average Bonchev–Trinajstić information content (AvgIpc) is 2.55. The molecule has 0 bridgehead atoms. The first-order valence-electron chi connectivity index (χ1n) is 7.80. The van der Waals surface area contributed by atoms with Crippen molar-refractivity contribution >= 4 is 29.3 Å². The van der Waals surface area contributed by atoms with Gasteiger partial charge in [-0.2, -0.15) is 11.8 Å². The molecule has 4 nitrogen and oxygen atoms in total. The van der Waals surface area contributed by atoms with Crippen LogP contribution < -0.4 is 10.6 Å². The lowest BCUT2D eigenvalue weighted by atomic mass is 10.1. The van der Waals surface area contributed by atoms with Crippen LogP contribution >= 0.6 is 11.8 Å². The van der Waals surface area contributed by atoms with Crippen molar-refractivity contribution in [1.82, 2.24) is 5.32 Å². The maximum atomic E-state index is 12.4. The normalized spacial score (nSPS) is 10.5. The van der Waals surface area contributed by atoms with Crippen molar-refractivity contribution in [1.29, 1.82) is 0 Å². The molecule has 2 aromatic carbocycles. The molecular formula is C19H22N2O2S. The van der Waals surface area contributed by atoms with E-state index in [2.05, 4.69) is 10.6 Å². The van der Waals surface area contributed by atoms with Crippen molar-refractivity contribution in [2.75, 3.05) is 11.6 Å². The number of rotatable bonds is 6. The van der Waals surface area contributed by atoms with E-state index in [1.54, 1.807) is 48.2 Å². The molecule has 0 aliphatic rings. The van der Waals surface area contributed by atoms with E-state index in [-0.39, 0.29) is 17.9 Å². The predicted molar refractivity (Wildman–Crippen MR) is 101 cm³/mol. The molecule has 0 aliphatic heterocycles. The Morgan fingerprint density at radius 3 is 2.29 bits per heavy atom. The molecular weight excluding hydrogens is 320 g/mol. The van der Waals surface area contributed by atoms with Crippen LogP contribution in [0, 0.1) is 0 Å². The highest BCUT2D eigenvalue weighted by atomic mass is 32.2. The number of para-hydroxylation sites is 1. The lowest BCUT2D eigenvalue weighted by Crippen LogP contribution is -2.31. The van der Waals surface area contributed by atoms with Gasteiger partial charge < -0.3 is 10.6 Å². The molecule has 0 saturated heterocycles. The summed E-state index contributed by atoms with van der Waals surface area (Å²) in [5, 5.41) is 5.67. The van der Waals surface area contributed by atoms with Crippen molar-refractivity contribution in [3.63, 3.8) is 0 Å². The lowest BCUT2D eigenvalue weighted by Gasteiger charge is -2.13. The number of carbonyl (C=O) groups excluding carboxylic acids is 2. The number of nitrogens with one attached hydrogen (secondary N) is 2. The second kappa shape index (κ2) is 8.55. The Morgan fingerprint density at radius 2 is 1.67 bits per heavy atom. The SMILES string of the molecule is CSCc1ccc(C(=O)Nc2ccccc2C(=O)NC(C)C)cc1. The Bertz CT molecular complexity index is 712. The quantitative estimate of drug-likeness (QED) is 0.836. The van der Waals surface area contributed by atoms with Crippen LogP contribution in [0.1, 0.15) is 40.1 Å². The summed E-state index contributed by atoms with van der Waals surface area (Å²) in [6.45, 7) is 3.80. The molecule has 0 atom stereocenters. The van der Waals surface area contributed by atoms with E-state index >= 15 is 0 Å². The van der Waals surface area contributed by atoms with E-state index in [9.17, 15) is 9.59 Å². The van der Waals surface area contributed by atoms with Gasteiger partial charge in [-0.25, -0.2) is 0 Å². The van der Waals surface area contributed by atoms with Crippen LogP contribution in [0.4, 0.5) is 5.69 Å². The molecule has 0 fully saturated rings. The van der Waals surface area contributed by atoms with Crippen LogP contribution in [0.2, 0.25) is 0 Å². The smallest absolute Gasteiger partial charge is 0.255 e. The van der Waals surface area contributed by atoms with Crippen molar-refractivity contribution in [2.24, 2.45) is 0 Å². The first-order chi connectivity index (χ1) is 11.5. The van der Waals surface area contributed by atoms with Gasteiger partial charge >= 0.3 is 0 Å². The van der Waals surface area contributed by atoms with E-state index in [1.165, 1.54) is 5.56 Å². The summed E-state index contributed by atoms with van der Waals surface area (Å²) in [5.41, 5.74) is 2.71. The van der Waals surface area contributed by atoms with Gasteiger partial charge in [0.2, 0.25) is 0 Å². The molecule has 2 rings (SSSR count). The number of benzene rings is 2. The molecule has 0 aliphatic carbocycles. The zero-order valence-corrected chi connectivity index (χ0v) is 14.9. The summed E-state index contributed by atoms with van der Waals surface area (Å²) in [4.78, 5) is 24.7. The lowest BCUT2D eigenvalue weighted by molar-refractivity contribution is 0.0944. The molecule has 0 unspecified atom stereocenters. The molecule has 0 radical (unpaired) electrons. The van der Waals surface area contributed by atoms with Gasteiger partial charge in [0.05, 0.1) is 11.3 Å². The number of carbonyl (C=O) groups is 2. The van der Waals surface area contributed by atoms with E-state index in [1.807, 2.05) is 32.2 Å². The molecule has 2 aromatic rings. The largest absolute Gasteiger partial charge is 0.350 e. The van der Waals surface area contributed by atoms with Crippen LogP contribution in [0.25, 0.3) is 0 Å². The van der Waals surface area contributed by atoms with E-state index < -0.39 is 0 Å². The van der Waals surface area contributed by atoms with E-state index in [0.29, 0.717) is 16.8 Å². The highest BCUT2D eigenvalue weighted by Crippen LogP contribution is 2.17. The maximum Gasteiger partial charge on any atom is 0.255 e. The first kappa shape index (κ1) is 18.1. The van der Waals surface area contributed by atoms with Crippen LogP contribution in [0.5, 0.6) is 0 Å². The summed E-state index contributed by atoms with van der Waals surface area (Å²) < 4.78 is 0. The minimum Gasteiger partial charge on any atom is -0.350 e. The van der Waals surface area contributed by atoms with Gasteiger partial charge in [-0.15, -0.1) is 0 Å². The Hall–Kier alpha value is -2.27. The van der Waals surface area contributed by atoms with Crippen molar-refractivity contribution < 1.29 is 9.59 Å². The molecule has 0 spiro atoms. The van der Waals surface area contributed by atoms with Crippen molar-refractivity contribution in [3.05, 3.63) is 65.2 Å². The zero-order valence-electron chi connectivity index (χ0n) is 14.1. The van der Waals surface area contributed by atoms with Crippen LogP contribution in [-0.4, -0.2) is 24.1 Å². The highest BCUT2D eigenvalue weighted by Gasteiger charge is 2.14. The number of anilines is 1. The Labute approximate surface area is 147 Å². The molecule has 2 N–H and O–H groups in total. The topological polar surface area (TPSA) is 58.2 Å². The van der Waals surface area contributed by atoms with Crippen LogP contribution in [0.15, 0.2) is 48.5 Å². The van der Waals surface area contributed by atoms with Gasteiger partial charge in [-0.1, -0.05) is 24.3 Å². The number of hydrogen-bond acceptors (Lipinski definition) is 3. The molecule has 0 saturated carbocycles. The Morgan fingerprint density at radius 1 is 1.00 bits per heavy atom. The summed E-state index contributed by atoms with van der Waals surface area (Å²) in [7, 11) is 0. The Balaban J connectivity index is 2.15. The van der Waals surface area contributed by atoms with E-state index in [0.717, 1.165) is 5.75 Å². The second-order valence-electron chi connectivity index (χ2n) is 5.76. The third-order valence-corrected chi connectivity index (χ3v) is 3.99. The third-order valence-electron chi connectivity index (χ3n) is 3.37. The number of amides is 2. The molecule has 0 heterocycles. The summed E-state index contributed by atoms with van der Waals surface area (Å²) in [5.74, 6) is 0.492. The summed E-state index contributed by atoms with van der Waals surface area (Å²) in [6.07, 6.45) is 2.04. The minimum absolute atomic E-state index is 0.0326. The molecule has 126 valence electrons. The average molecular weight is 342 g/mol. The van der Waals surface area contributed by atoms with Crippen molar-refractivity contribution in [3.8, 4) is 0 Å². The van der Waals surface area contributed by atoms with Gasteiger partial charge in [0.15, 0.2) is 0 Å². The number of thioether (sulfide) groups is 1. The van der Waals surface area contributed by atoms with Gasteiger partial charge in [0, 0.05) is 17.4 Å². The fourth-order valence-electron chi connectivity index (χ4n) is 2.24. The second-order valence-corrected chi connectivity index (χ2v) is 6.62. The van der Waals surface area contributed by atoms with Gasteiger partial charge in [-0.3, -0.25) is 9.59 Å². The molecule has 5 heteroatoms. The fraction of sp³-hybridized carbons (Fsp3) is 0.263. The predicted octanol–water partition coefficient (Wildman–Crippen LogP) is 3.94. The van der Waals surface area contributed by atoms with Crippen LogP contribution in [-0.2, 0) is 5.75 Å². The standard InChI is InChI=1S/C19H22N2O2S/c1-13(2)20-19(23)16-6-4-5-7-17(16)21-18(22)15-10-8-14(9-11-15)12-24-3/h4-11,13H,12H2,1-3H3,(H,20,23)(H,21,22). The monoisotopic (exact) mass is 342 g/mol.